The Bertz CT molecular complexity index is 729. The molecule has 0 fully saturated rings. The number of nitrogens with one attached hydrogen (secondary N) is 1. The number of hydrogen-bond donors (Lipinski definition) is 2. The zero-order valence-electron chi connectivity index (χ0n) is 12.3. The molecule has 0 saturated carbocycles. The first-order valence-corrected chi connectivity index (χ1v) is 7.99. The van der Waals surface area contributed by atoms with Gasteiger partial charge in [-0.25, -0.2) is 18.1 Å². The van der Waals surface area contributed by atoms with Gasteiger partial charge in [-0.05, 0) is 37.1 Å². The highest BCUT2D eigenvalue weighted by atomic mass is 32.2. The lowest BCUT2D eigenvalue weighted by Crippen LogP contribution is -2.27. The van der Waals surface area contributed by atoms with E-state index in [4.69, 9.17) is 5.73 Å². The van der Waals surface area contributed by atoms with Crippen LogP contribution in [0.1, 0.15) is 17.0 Å². The lowest BCUT2D eigenvalue weighted by molar-refractivity contribution is 0.579. The molecule has 1 heterocycles. The van der Waals surface area contributed by atoms with E-state index in [1.807, 2.05) is 0 Å². The summed E-state index contributed by atoms with van der Waals surface area (Å²) in [6, 6.07) is 3.31. The Kier molecular flexibility index (Phi) is 4.29. The van der Waals surface area contributed by atoms with Crippen molar-refractivity contribution in [2.45, 2.75) is 25.2 Å². The fourth-order valence-electron chi connectivity index (χ4n) is 2.28. The van der Waals surface area contributed by atoms with Crippen LogP contribution in [0.3, 0.4) is 0 Å². The van der Waals surface area contributed by atoms with Crippen molar-refractivity contribution >= 4 is 15.7 Å². The molecule has 2 aromatic rings. The Morgan fingerprint density at radius 2 is 1.90 bits per heavy atom. The Morgan fingerprint density at radius 1 is 1.29 bits per heavy atom. The molecule has 0 aliphatic rings. The van der Waals surface area contributed by atoms with E-state index >= 15 is 0 Å². The molecule has 0 spiro atoms. The van der Waals surface area contributed by atoms with Crippen molar-refractivity contribution in [1.29, 1.82) is 0 Å². The van der Waals surface area contributed by atoms with Crippen LogP contribution in [-0.4, -0.2) is 29.7 Å². The highest BCUT2D eigenvalue weighted by Gasteiger charge is 2.19. The maximum atomic E-state index is 12.4. The minimum atomic E-state index is -3.57. The zero-order valence-corrected chi connectivity index (χ0v) is 13.1. The Labute approximate surface area is 124 Å². The van der Waals surface area contributed by atoms with Gasteiger partial charge in [0.15, 0.2) is 5.82 Å². The van der Waals surface area contributed by atoms with Crippen molar-refractivity contribution in [3.8, 4) is 0 Å². The standard InChI is InChI=1S/C13H19N5O2S/c1-9-6-11(14)7-10(2)13(9)21(19,20)16-5-4-12-15-8-18(3)17-12/h6-8,16H,4-5,14H2,1-3H3. The van der Waals surface area contributed by atoms with Crippen molar-refractivity contribution in [1.82, 2.24) is 19.5 Å². The minimum Gasteiger partial charge on any atom is -0.399 e. The van der Waals surface area contributed by atoms with E-state index in [2.05, 4.69) is 14.8 Å². The monoisotopic (exact) mass is 309 g/mol. The van der Waals surface area contributed by atoms with Gasteiger partial charge >= 0.3 is 0 Å². The number of rotatable bonds is 5. The summed E-state index contributed by atoms with van der Waals surface area (Å²) in [6.07, 6.45) is 2.02. The first-order chi connectivity index (χ1) is 9.79. The highest BCUT2D eigenvalue weighted by molar-refractivity contribution is 7.89. The van der Waals surface area contributed by atoms with Gasteiger partial charge in [0.1, 0.15) is 6.33 Å². The highest BCUT2D eigenvalue weighted by Crippen LogP contribution is 2.22. The summed E-state index contributed by atoms with van der Waals surface area (Å²) in [6.45, 7) is 3.71. The van der Waals surface area contributed by atoms with Crippen LogP contribution in [0.2, 0.25) is 0 Å². The van der Waals surface area contributed by atoms with Crippen molar-refractivity contribution < 1.29 is 8.42 Å². The number of aromatic nitrogens is 3. The van der Waals surface area contributed by atoms with Crippen molar-refractivity contribution in [3.63, 3.8) is 0 Å². The SMILES string of the molecule is Cc1cc(N)cc(C)c1S(=O)(=O)NCCc1ncn(C)n1. The maximum absolute atomic E-state index is 12.4. The molecule has 0 amide bonds. The van der Waals surface area contributed by atoms with Crippen LogP contribution in [-0.2, 0) is 23.5 Å². The number of aryl methyl sites for hydroxylation is 3. The third-order valence-electron chi connectivity index (χ3n) is 3.04. The third-order valence-corrected chi connectivity index (χ3v) is 4.80. The van der Waals surface area contributed by atoms with E-state index in [-0.39, 0.29) is 11.4 Å². The molecule has 114 valence electrons. The lowest BCUT2D eigenvalue weighted by Gasteiger charge is -2.12. The van der Waals surface area contributed by atoms with E-state index in [9.17, 15) is 8.42 Å². The van der Waals surface area contributed by atoms with Crippen LogP contribution in [0.25, 0.3) is 0 Å². The first-order valence-electron chi connectivity index (χ1n) is 6.50. The van der Waals surface area contributed by atoms with Gasteiger partial charge in [-0.15, -0.1) is 0 Å². The predicted octanol–water partition coefficient (Wildman–Crippen LogP) is 0.535. The third kappa shape index (κ3) is 3.59. The number of benzene rings is 1. The van der Waals surface area contributed by atoms with E-state index in [1.165, 1.54) is 0 Å². The van der Waals surface area contributed by atoms with Crippen LogP contribution in [0.4, 0.5) is 5.69 Å². The van der Waals surface area contributed by atoms with Gasteiger partial charge in [-0.2, -0.15) is 5.10 Å². The summed E-state index contributed by atoms with van der Waals surface area (Å²) in [7, 11) is -1.80. The van der Waals surface area contributed by atoms with Crippen LogP contribution < -0.4 is 10.5 Å². The summed E-state index contributed by atoms with van der Waals surface area (Å²) in [5.74, 6) is 0.603. The molecule has 0 atom stereocenters. The van der Waals surface area contributed by atoms with Gasteiger partial charge < -0.3 is 5.73 Å². The molecule has 0 radical (unpaired) electrons. The fraction of sp³-hybridized carbons (Fsp3) is 0.385. The van der Waals surface area contributed by atoms with Gasteiger partial charge in [0.25, 0.3) is 0 Å². The first kappa shape index (κ1) is 15.5. The largest absolute Gasteiger partial charge is 0.399 e. The van der Waals surface area contributed by atoms with Gasteiger partial charge in [-0.1, -0.05) is 0 Å². The zero-order chi connectivity index (χ0) is 15.6. The molecule has 0 unspecified atom stereocenters. The van der Waals surface area contributed by atoms with E-state index in [1.54, 1.807) is 44.0 Å². The van der Waals surface area contributed by atoms with E-state index < -0.39 is 10.0 Å². The van der Waals surface area contributed by atoms with Gasteiger partial charge in [-0.3, -0.25) is 4.68 Å². The average molecular weight is 309 g/mol. The van der Waals surface area contributed by atoms with E-state index in [0.717, 1.165) is 0 Å². The minimum absolute atomic E-state index is 0.246. The molecule has 3 N–H and O–H groups in total. The molecule has 7 nitrogen and oxygen atoms in total. The number of anilines is 1. The second kappa shape index (κ2) is 5.82. The van der Waals surface area contributed by atoms with Crippen LogP contribution >= 0.6 is 0 Å². The molecular formula is C13H19N5O2S. The number of nitrogens with zero attached hydrogens (tertiary/aromatic N) is 3. The normalized spacial score (nSPS) is 11.8. The second-order valence-corrected chi connectivity index (χ2v) is 6.67. The Hall–Kier alpha value is -1.93. The Balaban J connectivity index is 2.12. The molecule has 0 aliphatic carbocycles. The molecule has 0 bridgehead atoms. The molecule has 1 aromatic carbocycles. The molecule has 2 rings (SSSR count). The lowest BCUT2D eigenvalue weighted by atomic mass is 10.1. The predicted molar refractivity (Wildman–Crippen MR) is 80.2 cm³/mol. The van der Waals surface area contributed by atoms with Crippen LogP contribution in [0, 0.1) is 13.8 Å². The van der Waals surface area contributed by atoms with Gasteiger partial charge in [0.2, 0.25) is 10.0 Å². The van der Waals surface area contributed by atoms with Crippen molar-refractivity contribution in [3.05, 3.63) is 35.4 Å². The topological polar surface area (TPSA) is 103 Å². The fourth-order valence-corrected chi connectivity index (χ4v) is 3.76. The molecule has 0 saturated heterocycles. The molecule has 0 aliphatic heterocycles. The quantitative estimate of drug-likeness (QED) is 0.784. The smallest absolute Gasteiger partial charge is 0.241 e. The molecule has 21 heavy (non-hydrogen) atoms. The van der Waals surface area contributed by atoms with Crippen LogP contribution in [0.15, 0.2) is 23.4 Å². The summed E-state index contributed by atoms with van der Waals surface area (Å²) in [4.78, 5) is 4.34. The number of nitrogens with two attached hydrogens (primary N) is 1. The molecule has 1 aromatic heterocycles. The van der Waals surface area contributed by atoms with Crippen molar-refractivity contribution in [2.75, 3.05) is 12.3 Å². The summed E-state index contributed by atoms with van der Waals surface area (Å²) >= 11 is 0. The van der Waals surface area contributed by atoms with Gasteiger partial charge in [0.05, 0.1) is 4.90 Å². The molecular weight excluding hydrogens is 290 g/mol. The number of hydrogen-bond acceptors (Lipinski definition) is 5. The number of nitrogen functional groups attached to an aromatic ring is 1. The van der Waals surface area contributed by atoms with Gasteiger partial charge in [0, 0.05) is 25.7 Å². The summed E-state index contributed by atoms with van der Waals surface area (Å²) in [5, 5.41) is 4.10. The van der Waals surface area contributed by atoms with Crippen LogP contribution in [0.5, 0.6) is 0 Å². The number of sulfonamides is 1. The van der Waals surface area contributed by atoms with Crippen molar-refractivity contribution in [2.24, 2.45) is 7.05 Å². The average Bonchev–Trinajstić information content (AvgIpc) is 2.72. The molecule has 8 heteroatoms. The maximum Gasteiger partial charge on any atom is 0.241 e. The summed E-state index contributed by atoms with van der Waals surface area (Å²) in [5.41, 5.74) is 7.54. The summed E-state index contributed by atoms with van der Waals surface area (Å²) < 4.78 is 28.9. The Morgan fingerprint density at radius 3 is 2.43 bits per heavy atom. The van der Waals surface area contributed by atoms with E-state index in [0.29, 0.717) is 29.1 Å². The second-order valence-electron chi connectivity index (χ2n) is 4.97.